The lowest BCUT2D eigenvalue weighted by Gasteiger charge is -2.23. The van der Waals surface area contributed by atoms with E-state index in [2.05, 4.69) is 11.4 Å². The molecule has 1 aliphatic rings. The van der Waals surface area contributed by atoms with Crippen LogP contribution in [0.4, 0.5) is 0 Å². The molecule has 4 nitrogen and oxygen atoms in total. The molecule has 4 unspecified atom stereocenters. The molecular weight excluding hydrogens is 204 g/mol. The van der Waals surface area contributed by atoms with E-state index in [4.69, 9.17) is 10.00 Å². The second kappa shape index (κ2) is 4.42. The molecule has 90 valence electrons. The molecule has 0 bridgehead atoms. The minimum atomic E-state index is -0.817. The summed E-state index contributed by atoms with van der Waals surface area (Å²) in [4.78, 5) is 12.0. The third kappa shape index (κ3) is 2.53. The number of rotatable bonds is 2. The van der Waals surface area contributed by atoms with E-state index < -0.39 is 5.54 Å². The van der Waals surface area contributed by atoms with Gasteiger partial charge in [0.1, 0.15) is 5.54 Å². The summed E-state index contributed by atoms with van der Waals surface area (Å²) in [5.41, 5.74) is -0.817. The number of nitrogens with zero attached hydrogens (tertiary/aromatic N) is 1. The van der Waals surface area contributed by atoms with Crippen molar-refractivity contribution in [1.29, 1.82) is 5.26 Å². The van der Waals surface area contributed by atoms with Crippen LogP contribution < -0.4 is 5.32 Å². The van der Waals surface area contributed by atoms with E-state index in [9.17, 15) is 4.79 Å². The van der Waals surface area contributed by atoms with Crippen molar-refractivity contribution < 1.29 is 9.53 Å². The van der Waals surface area contributed by atoms with Gasteiger partial charge in [-0.2, -0.15) is 5.26 Å². The number of nitrogens with one attached hydrogen (secondary N) is 1. The molecule has 16 heavy (non-hydrogen) atoms. The summed E-state index contributed by atoms with van der Waals surface area (Å²) in [6, 6.07) is 2.06. The van der Waals surface area contributed by atoms with E-state index in [0.717, 1.165) is 0 Å². The van der Waals surface area contributed by atoms with Crippen LogP contribution in [-0.2, 0) is 9.53 Å². The van der Waals surface area contributed by atoms with Gasteiger partial charge >= 0.3 is 0 Å². The van der Waals surface area contributed by atoms with Crippen molar-refractivity contribution in [3.05, 3.63) is 0 Å². The molecule has 1 fully saturated rings. The summed E-state index contributed by atoms with van der Waals surface area (Å²) in [7, 11) is 0. The average molecular weight is 224 g/mol. The van der Waals surface area contributed by atoms with Crippen molar-refractivity contribution in [2.45, 2.75) is 52.4 Å². The van der Waals surface area contributed by atoms with E-state index in [-0.39, 0.29) is 30.0 Å². The first-order chi connectivity index (χ1) is 7.28. The van der Waals surface area contributed by atoms with Crippen molar-refractivity contribution in [3.63, 3.8) is 0 Å². The molecule has 0 aromatic heterocycles. The largest absolute Gasteiger partial charge is 0.374 e. The molecule has 1 saturated heterocycles. The average Bonchev–Trinajstić information content (AvgIpc) is 2.40. The Hall–Kier alpha value is -1.08. The van der Waals surface area contributed by atoms with Gasteiger partial charge in [-0.05, 0) is 33.6 Å². The van der Waals surface area contributed by atoms with Gasteiger partial charge in [-0.1, -0.05) is 6.92 Å². The fourth-order valence-corrected chi connectivity index (χ4v) is 2.14. The van der Waals surface area contributed by atoms with Crippen LogP contribution in [0, 0.1) is 23.2 Å². The van der Waals surface area contributed by atoms with Gasteiger partial charge in [-0.3, -0.25) is 4.79 Å². The van der Waals surface area contributed by atoms with Crippen LogP contribution in [0.1, 0.15) is 34.6 Å². The third-order valence-electron chi connectivity index (χ3n) is 3.26. The zero-order valence-corrected chi connectivity index (χ0v) is 10.6. The van der Waals surface area contributed by atoms with E-state index in [1.54, 1.807) is 13.8 Å². The first-order valence-electron chi connectivity index (χ1n) is 5.67. The lowest BCUT2D eigenvalue weighted by molar-refractivity contribution is -0.128. The van der Waals surface area contributed by atoms with E-state index in [1.165, 1.54) is 0 Å². The highest BCUT2D eigenvalue weighted by Crippen LogP contribution is 2.32. The zero-order valence-electron chi connectivity index (χ0n) is 10.6. The Labute approximate surface area is 97.0 Å². The van der Waals surface area contributed by atoms with Gasteiger partial charge in [0.2, 0.25) is 5.91 Å². The number of nitriles is 1. The Bertz CT molecular complexity index is 319. The Morgan fingerprint density at radius 1 is 1.31 bits per heavy atom. The molecule has 1 amide bonds. The topological polar surface area (TPSA) is 62.1 Å². The van der Waals surface area contributed by atoms with Crippen molar-refractivity contribution >= 4 is 5.91 Å². The molecule has 0 aromatic carbocycles. The van der Waals surface area contributed by atoms with Crippen LogP contribution in [0.15, 0.2) is 0 Å². The number of hydrogen-bond acceptors (Lipinski definition) is 3. The molecule has 0 radical (unpaired) electrons. The predicted molar refractivity (Wildman–Crippen MR) is 60.5 cm³/mol. The molecule has 0 aromatic rings. The Balaban J connectivity index is 2.72. The lowest BCUT2D eigenvalue weighted by Crippen LogP contribution is -2.47. The van der Waals surface area contributed by atoms with Gasteiger partial charge in [0, 0.05) is 0 Å². The van der Waals surface area contributed by atoms with Gasteiger partial charge < -0.3 is 10.1 Å². The monoisotopic (exact) mass is 224 g/mol. The second-order valence-electron chi connectivity index (χ2n) is 5.16. The standard InChI is InChI=1S/C12H20N2O2/c1-7-8(2)16-9(3)10(7)11(15)14-12(4,5)6-13/h7-10H,1-5H3,(H,14,15). The van der Waals surface area contributed by atoms with Gasteiger partial charge in [-0.15, -0.1) is 0 Å². The SMILES string of the molecule is CC1OC(C)C(C(=O)NC(C)(C)C#N)C1C. The van der Waals surface area contributed by atoms with Gasteiger partial charge in [0.05, 0.1) is 24.2 Å². The van der Waals surface area contributed by atoms with E-state index in [1.807, 2.05) is 20.8 Å². The van der Waals surface area contributed by atoms with Crippen molar-refractivity contribution in [1.82, 2.24) is 5.32 Å². The summed E-state index contributed by atoms with van der Waals surface area (Å²) in [5, 5.41) is 11.6. The maximum absolute atomic E-state index is 12.0. The quantitative estimate of drug-likeness (QED) is 0.772. The van der Waals surface area contributed by atoms with Crippen LogP contribution in [0.5, 0.6) is 0 Å². The minimum absolute atomic E-state index is 0.0838. The van der Waals surface area contributed by atoms with Crippen LogP contribution in [0.2, 0.25) is 0 Å². The molecule has 4 atom stereocenters. The summed E-state index contributed by atoms with van der Waals surface area (Å²) >= 11 is 0. The molecule has 0 saturated carbocycles. The third-order valence-corrected chi connectivity index (χ3v) is 3.26. The minimum Gasteiger partial charge on any atom is -0.374 e. The molecular formula is C12H20N2O2. The maximum atomic E-state index is 12.0. The molecule has 1 rings (SSSR count). The molecule has 0 spiro atoms. The van der Waals surface area contributed by atoms with Crippen LogP contribution in [0.25, 0.3) is 0 Å². The van der Waals surface area contributed by atoms with E-state index in [0.29, 0.717) is 0 Å². The number of amides is 1. The van der Waals surface area contributed by atoms with Crippen LogP contribution in [0.3, 0.4) is 0 Å². The van der Waals surface area contributed by atoms with Crippen molar-refractivity contribution in [3.8, 4) is 6.07 Å². The smallest absolute Gasteiger partial charge is 0.227 e. The Morgan fingerprint density at radius 3 is 2.25 bits per heavy atom. The first-order valence-corrected chi connectivity index (χ1v) is 5.67. The molecule has 1 heterocycles. The molecule has 1 aliphatic heterocycles. The van der Waals surface area contributed by atoms with Gasteiger partial charge in [0.25, 0.3) is 0 Å². The highest BCUT2D eigenvalue weighted by Gasteiger charge is 2.42. The summed E-state index contributed by atoms with van der Waals surface area (Å²) in [6.45, 7) is 9.28. The summed E-state index contributed by atoms with van der Waals surface area (Å²) < 4.78 is 5.61. The van der Waals surface area contributed by atoms with E-state index >= 15 is 0 Å². The zero-order chi connectivity index (χ0) is 12.5. The fourth-order valence-electron chi connectivity index (χ4n) is 2.14. The second-order valence-corrected chi connectivity index (χ2v) is 5.16. The van der Waals surface area contributed by atoms with Gasteiger partial charge in [-0.25, -0.2) is 0 Å². The summed E-state index contributed by atoms with van der Waals surface area (Å²) in [5.74, 6) is -0.0667. The Kier molecular flexibility index (Phi) is 3.59. The number of hydrogen-bond donors (Lipinski definition) is 1. The number of carbonyl (C=O) groups excluding carboxylic acids is 1. The van der Waals surface area contributed by atoms with Crippen molar-refractivity contribution in [2.75, 3.05) is 0 Å². The first kappa shape index (κ1) is 13.0. The van der Waals surface area contributed by atoms with Crippen molar-refractivity contribution in [2.24, 2.45) is 11.8 Å². The van der Waals surface area contributed by atoms with Crippen LogP contribution >= 0.6 is 0 Å². The lowest BCUT2D eigenvalue weighted by atomic mass is 9.88. The maximum Gasteiger partial charge on any atom is 0.227 e. The Morgan fingerprint density at radius 2 is 1.88 bits per heavy atom. The molecule has 4 heteroatoms. The highest BCUT2D eigenvalue weighted by atomic mass is 16.5. The normalized spacial score (nSPS) is 34.5. The fraction of sp³-hybridized carbons (Fsp3) is 0.833. The van der Waals surface area contributed by atoms with Gasteiger partial charge in [0.15, 0.2) is 0 Å². The molecule has 0 aliphatic carbocycles. The highest BCUT2D eigenvalue weighted by molar-refractivity contribution is 5.81. The molecule has 1 N–H and O–H groups in total. The summed E-state index contributed by atoms with van der Waals surface area (Å²) in [6.07, 6.45) is 0.00967. The van der Waals surface area contributed by atoms with Crippen LogP contribution in [-0.4, -0.2) is 23.7 Å². The number of carbonyl (C=O) groups is 1. The predicted octanol–water partition coefficient (Wildman–Crippen LogP) is 1.46. The number of ether oxygens (including phenoxy) is 1.